The van der Waals surface area contributed by atoms with E-state index in [4.69, 9.17) is 5.73 Å². The van der Waals surface area contributed by atoms with Gasteiger partial charge in [-0.2, -0.15) is 0 Å². The monoisotopic (exact) mass is 321 g/mol. The predicted molar refractivity (Wildman–Crippen MR) is 87.0 cm³/mol. The molecule has 1 heterocycles. The Morgan fingerprint density at radius 1 is 1.43 bits per heavy atom. The number of hydrogen-bond donors (Lipinski definition) is 3. The van der Waals surface area contributed by atoms with Crippen molar-refractivity contribution in [1.29, 1.82) is 0 Å². The molecule has 0 saturated carbocycles. The maximum Gasteiger partial charge on any atom is 0.270 e. The third-order valence-electron chi connectivity index (χ3n) is 3.67. The lowest BCUT2D eigenvalue weighted by Crippen LogP contribution is -2.41. The van der Waals surface area contributed by atoms with Crippen LogP contribution in [-0.2, 0) is 4.79 Å². The Morgan fingerprint density at radius 3 is 2.57 bits per heavy atom. The number of amides is 2. The zero-order valence-electron chi connectivity index (χ0n) is 13.8. The molecule has 2 unspecified atom stereocenters. The van der Waals surface area contributed by atoms with Crippen LogP contribution in [0.1, 0.15) is 29.9 Å². The molecule has 0 aliphatic rings. The van der Waals surface area contributed by atoms with Crippen LogP contribution in [0.4, 0.5) is 5.82 Å². The van der Waals surface area contributed by atoms with Gasteiger partial charge in [0, 0.05) is 19.2 Å². The van der Waals surface area contributed by atoms with E-state index in [1.807, 2.05) is 0 Å². The van der Waals surface area contributed by atoms with Gasteiger partial charge < -0.3 is 21.1 Å². The van der Waals surface area contributed by atoms with Gasteiger partial charge in [-0.15, -0.1) is 0 Å². The molecule has 0 saturated heterocycles. The van der Waals surface area contributed by atoms with E-state index in [1.165, 1.54) is 6.33 Å². The van der Waals surface area contributed by atoms with Crippen LogP contribution in [0.5, 0.6) is 0 Å². The van der Waals surface area contributed by atoms with Gasteiger partial charge in [-0.25, -0.2) is 9.97 Å². The molecule has 1 aromatic rings. The van der Waals surface area contributed by atoms with Gasteiger partial charge in [0.25, 0.3) is 5.91 Å². The lowest BCUT2D eigenvalue weighted by molar-refractivity contribution is -0.118. The minimum absolute atomic E-state index is 0.142. The third kappa shape index (κ3) is 4.49. The van der Waals surface area contributed by atoms with E-state index in [-0.39, 0.29) is 12.2 Å². The van der Waals surface area contributed by atoms with Crippen LogP contribution in [0, 0.1) is 6.92 Å². The number of nitrogens with one attached hydrogen (secondary N) is 1. The summed E-state index contributed by atoms with van der Waals surface area (Å²) in [6.45, 7) is 8.73. The van der Waals surface area contributed by atoms with Crippen LogP contribution in [0.2, 0.25) is 0 Å². The standard InChI is InChI=1S/C15H23N5O3/c1-8(11(4)21)6-17-15(23)12-9(2)14(19-7-18-12)20(5)10(3)13(16)22/h7,10-11,21H,1,6H2,2-5H3,(H2,16,22)(H,17,23). The van der Waals surface area contributed by atoms with Crippen molar-refractivity contribution < 1.29 is 14.7 Å². The summed E-state index contributed by atoms with van der Waals surface area (Å²) in [5.74, 6) is -0.455. The van der Waals surface area contributed by atoms with Gasteiger partial charge in [0.05, 0.1) is 6.10 Å². The zero-order valence-corrected chi connectivity index (χ0v) is 13.8. The minimum Gasteiger partial charge on any atom is -0.389 e. The van der Waals surface area contributed by atoms with E-state index in [0.717, 1.165) is 0 Å². The number of nitrogens with two attached hydrogens (primary N) is 1. The van der Waals surface area contributed by atoms with Crippen molar-refractivity contribution >= 4 is 17.6 Å². The van der Waals surface area contributed by atoms with Crippen molar-refractivity contribution in [3.05, 3.63) is 29.7 Å². The fraction of sp³-hybridized carbons (Fsp3) is 0.467. The lowest BCUT2D eigenvalue weighted by atomic mass is 10.1. The van der Waals surface area contributed by atoms with Crippen molar-refractivity contribution in [2.75, 3.05) is 18.5 Å². The molecule has 23 heavy (non-hydrogen) atoms. The highest BCUT2D eigenvalue weighted by Crippen LogP contribution is 2.19. The van der Waals surface area contributed by atoms with E-state index in [2.05, 4.69) is 21.9 Å². The highest BCUT2D eigenvalue weighted by molar-refractivity contribution is 5.95. The quantitative estimate of drug-likeness (QED) is 0.596. The first-order valence-electron chi connectivity index (χ1n) is 7.14. The topological polar surface area (TPSA) is 121 Å². The number of aromatic nitrogens is 2. The molecule has 0 spiro atoms. The number of carbonyl (C=O) groups is 2. The molecule has 2 amide bonds. The number of rotatable bonds is 7. The number of likely N-dealkylation sites (N-methyl/N-ethyl adjacent to an activating group) is 1. The summed E-state index contributed by atoms with van der Waals surface area (Å²) in [6, 6.07) is -0.575. The molecule has 0 aliphatic heterocycles. The fourth-order valence-corrected chi connectivity index (χ4v) is 1.82. The molecule has 1 rings (SSSR count). The smallest absolute Gasteiger partial charge is 0.270 e. The molecular weight excluding hydrogens is 298 g/mol. The highest BCUT2D eigenvalue weighted by atomic mass is 16.3. The van der Waals surface area contributed by atoms with Crippen LogP contribution in [-0.4, -0.2) is 52.6 Å². The first kappa shape index (κ1) is 18.6. The summed E-state index contributed by atoms with van der Waals surface area (Å²) in [4.78, 5) is 33.2. The van der Waals surface area contributed by atoms with E-state index in [1.54, 1.807) is 32.7 Å². The average Bonchev–Trinajstić information content (AvgIpc) is 2.50. The Hall–Kier alpha value is -2.48. The Morgan fingerprint density at radius 2 is 2.04 bits per heavy atom. The number of aliphatic hydroxyl groups is 1. The van der Waals surface area contributed by atoms with E-state index in [9.17, 15) is 14.7 Å². The summed E-state index contributed by atoms with van der Waals surface area (Å²) in [5, 5.41) is 12.0. The van der Waals surface area contributed by atoms with Gasteiger partial charge in [0.1, 0.15) is 23.9 Å². The van der Waals surface area contributed by atoms with Crippen molar-refractivity contribution in [2.24, 2.45) is 5.73 Å². The van der Waals surface area contributed by atoms with Crippen LogP contribution in [0.15, 0.2) is 18.5 Å². The molecule has 0 radical (unpaired) electrons. The maximum atomic E-state index is 12.2. The van der Waals surface area contributed by atoms with Gasteiger partial charge >= 0.3 is 0 Å². The molecule has 4 N–H and O–H groups in total. The zero-order chi connectivity index (χ0) is 17.7. The summed E-state index contributed by atoms with van der Waals surface area (Å²) in [7, 11) is 1.67. The molecule has 0 aromatic carbocycles. The first-order valence-corrected chi connectivity index (χ1v) is 7.14. The Balaban J connectivity index is 2.98. The van der Waals surface area contributed by atoms with Crippen LogP contribution in [0.25, 0.3) is 0 Å². The minimum atomic E-state index is -0.708. The lowest BCUT2D eigenvalue weighted by Gasteiger charge is -2.25. The van der Waals surface area contributed by atoms with E-state index >= 15 is 0 Å². The number of carbonyl (C=O) groups excluding carboxylic acids is 2. The summed E-state index contributed by atoms with van der Waals surface area (Å²) in [5.41, 5.74) is 6.51. The van der Waals surface area contributed by atoms with Crippen molar-refractivity contribution in [3.8, 4) is 0 Å². The molecule has 126 valence electrons. The molecule has 1 aromatic heterocycles. The molecule has 0 bridgehead atoms. The molecule has 8 heteroatoms. The number of aliphatic hydroxyl groups excluding tert-OH is 1. The number of anilines is 1. The number of hydrogen-bond acceptors (Lipinski definition) is 6. The Labute approximate surface area is 135 Å². The second-order valence-corrected chi connectivity index (χ2v) is 5.38. The Bertz CT molecular complexity index is 615. The highest BCUT2D eigenvalue weighted by Gasteiger charge is 2.22. The normalized spacial score (nSPS) is 13.1. The number of nitrogens with zero attached hydrogens (tertiary/aromatic N) is 3. The Kier molecular flexibility index (Phi) is 6.20. The first-order chi connectivity index (χ1) is 10.7. The predicted octanol–water partition coefficient (Wildman–Crippen LogP) is -0.238. The molecule has 2 atom stereocenters. The second-order valence-electron chi connectivity index (χ2n) is 5.38. The van der Waals surface area contributed by atoms with Gasteiger partial charge in [-0.1, -0.05) is 6.58 Å². The molecule has 0 aliphatic carbocycles. The van der Waals surface area contributed by atoms with Crippen LogP contribution >= 0.6 is 0 Å². The average molecular weight is 321 g/mol. The van der Waals surface area contributed by atoms with E-state index in [0.29, 0.717) is 17.0 Å². The summed E-state index contributed by atoms with van der Waals surface area (Å²) < 4.78 is 0. The largest absolute Gasteiger partial charge is 0.389 e. The fourth-order valence-electron chi connectivity index (χ4n) is 1.82. The third-order valence-corrected chi connectivity index (χ3v) is 3.67. The van der Waals surface area contributed by atoms with Gasteiger partial charge in [0.2, 0.25) is 5.91 Å². The molecule has 8 nitrogen and oxygen atoms in total. The van der Waals surface area contributed by atoms with Crippen LogP contribution in [0.3, 0.4) is 0 Å². The second kappa shape index (κ2) is 7.68. The van der Waals surface area contributed by atoms with Gasteiger partial charge in [0.15, 0.2) is 0 Å². The number of primary amides is 1. The van der Waals surface area contributed by atoms with Gasteiger partial charge in [-0.3, -0.25) is 9.59 Å². The van der Waals surface area contributed by atoms with E-state index < -0.39 is 24.0 Å². The van der Waals surface area contributed by atoms with Crippen molar-refractivity contribution in [1.82, 2.24) is 15.3 Å². The summed E-state index contributed by atoms with van der Waals surface area (Å²) in [6.07, 6.45) is 0.546. The molecular formula is C15H23N5O3. The van der Waals surface area contributed by atoms with Gasteiger partial charge in [-0.05, 0) is 26.3 Å². The SMILES string of the molecule is C=C(CNC(=O)c1ncnc(N(C)C(C)C(N)=O)c1C)C(C)O. The van der Waals surface area contributed by atoms with Crippen LogP contribution < -0.4 is 16.0 Å². The molecule has 0 fully saturated rings. The summed E-state index contributed by atoms with van der Waals surface area (Å²) >= 11 is 0. The van der Waals surface area contributed by atoms with Crippen molar-refractivity contribution in [2.45, 2.75) is 32.9 Å². The maximum absolute atomic E-state index is 12.2. The van der Waals surface area contributed by atoms with Crippen molar-refractivity contribution in [3.63, 3.8) is 0 Å².